The summed E-state index contributed by atoms with van der Waals surface area (Å²) >= 11 is 0. The third-order valence-electron chi connectivity index (χ3n) is 5.05. The minimum Gasteiger partial charge on any atom is -0.497 e. The van der Waals surface area contributed by atoms with Gasteiger partial charge in [-0.3, -0.25) is 4.79 Å². The average molecular weight is 446 g/mol. The van der Waals surface area contributed by atoms with Gasteiger partial charge in [-0.15, -0.1) is 0 Å². The number of ether oxygens (including phenoxy) is 4. The van der Waals surface area contributed by atoms with Crippen molar-refractivity contribution in [1.82, 2.24) is 0 Å². The molecule has 0 spiro atoms. The lowest BCUT2D eigenvalue weighted by Crippen LogP contribution is -2.16. The minimum atomic E-state index is -0.751. The molecule has 0 N–H and O–H groups in total. The third-order valence-corrected chi connectivity index (χ3v) is 5.05. The first-order valence-electron chi connectivity index (χ1n) is 10.2. The van der Waals surface area contributed by atoms with Gasteiger partial charge in [-0.25, -0.2) is 4.79 Å². The molecule has 3 aromatic carbocycles. The lowest BCUT2D eigenvalue weighted by molar-refractivity contribution is 0.0442. The molecule has 0 aliphatic carbocycles. The van der Waals surface area contributed by atoms with Crippen molar-refractivity contribution in [1.29, 1.82) is 0 Å². The maximum absolute atomic E-state index is 12.9. The molecule has 0 fully saturated rings. The van der Waals surface area contributed by atoms with Crippen molar-refractivity contribution < 1.29 is 33.0 Å². The highest BCUT2D eigenvalue weighted by atomic mass is 16.5. The standard InChI is InChI=1S/C26H22O7/c1-29-18-12-13-20(24(14-18)30-2)22(27)16-32-26(28)25-21(15-31-17-8-4-3-5-9-17)19-10-6-7-11-23(19)33-25/h3-14H,15-16H2,1-2H3. The first kappa shape index (κ1) is 22.0. The molecular weight excluding hydrogens is 424 g/mol. The van der Waals surface area contributed by atoms with Gasteiger partial charge in [-0.1, -0.05) is 36.4 Å². The number of hydrogen-bond donors (Lipinski definition) is 0. The lowest BCUT2D eigenvalue weighted by atomic mass is 10.1. The Morgan fingerprint density at radius 1 is 0.848 bits per heavy atom. The van der Waals surface area contributed by atoms with E-state index >= 15 is 0 Å². The number of rotatable bonds is 9. The summed E-state index contributed by atoms with van der Waals surface area (Å²) in [6, 6.07) is 21.3. The van der Waals surface area contributed by atoms with Crippen molar-refractivity contribution in [3.63, 3.8) is 0 Å². The Morgan fingerprint density at radius 2 is 1.61 bits per heavy atom. The van der Waals surface area contributed by atoms with Crippen LogP contribution in [0.4, 0.5) is 0 Å². The number of fused-ring (bicyclic) bond motifs is 1. The highest BCUT2D eigenvalue weighted by molar-refractivity contribution is 6.02. The fourth-order valence-corrected chi connectivity index (χ4v) is 3.38. The number of carbonyl (C=O) groups excluding carboxylic acids is 2. The average Bonchev–Trinajstić information content (AvgIpc) is 3.24. The van der Waals surface area contributed by atoms with Crippen molar-refractivity contribution in [2.24, 2.45) is 0 Å². The molecule has 4 aromatic rings. The molecule has 0 radical (unpaired) electrons. The zero-order chi connectivity index (χ0) is 23.2. The molecule has 0 bridgehead atoms. The fourth-order valence-electron chi connectivity index (χ4n) is 3.38. The molecule has 4 rings (SSSR count). The summed E-state index contributed by atoms with van der Waals surface area (Å²) in [5.74, 6) is 0.368. The Labute approximate surface area is 190 Å². The zero-order valence-electron chi connectivity index (χ0n) is 18.2. The normalized spacial score (nSPS) is 10.6. The van der Waals surface area contributed by atoms with Crippen molar-refractivity contribution in [3.05, 3.63) is 89.7 Å². The van der Waals surface area contributed by atoms with Crippen LogP contribution in [0.2, 0.25) is 0 Å². The number of hydrogen-bond acceptors (Lipinski definition) is 7. The number of furan rings is 1. The van der Waals surface area contributed by atoms with Gasteiger partial charge in [0.2, 0.25) is 11.5 Å². The van der Waals surface area contributed by atoms with Gasteiger partial charge in [0, 0.05) is 11.5 Å². The smallest absolute Gasteiger partial charge is 0.375 e. The predicted molar refractivity (Wildman–Crippen MR) is 121 cm³/mol. The monoisotopic (exact) mass is 446 g/mol. The van der Waals surface area contributed by atoms with E-state index in [2.05, 4.69) is 0 Å². The molecular formula is C26H22O7. The Hall–Kier alpha value is -4.26. The van der Waals surface area contributed by atoms with Crippen LogP contribution in [-0.2, 0) is 11.3 Å². The number of Topliss-reactive ketones (excluding diaryl/α,β-unsaturated/α-hetero) is 1. The summed E-state index contributed by atoms with van der Waals surface area (Å²) in [5.41, 5.74) is 1.36. The van der Waals surface area contributed by atoms with E-state index in [9.17, 15) is 9.59 Å². The largest absolute Gasteiger partial charge is 0.497 e. The molecule has 7 nitrogen and oxygen atoms in total. The fraction of sp³-hybridized carbons (Fsp3) is 0.154. The van der Waals surface area contributed by atoms with E-state index in [0.717, 1.165) is 5.39 Å². The minimum absolute atomic E-state index is 0.00151. The van der Waals surface area contributed by atoms with E-state index in [-0.39, 0.29) is 17.9 Å². The van der Waals surface area contributed by atoms with Gasteiger partial charge in [0.15, 0.2) is 6.61 Å². The molecule has 0 unspecified atom stereocenters. The molecule has 0 saturated heterocycles. The number of benzene rings is 3. The number of carbonyl (C=O) groups is 2. The van der Waals surface area contributed by atoms with Crippen molar-refractivity contribution in [2.45, 2.75) is 6.61 Å². The maximum Gasteiger partial charge on any atom is 0.375 e. The highest BCUT2D eigenvalue weighted by Gasteiger charge is 2.24. The summed E-state index contributed by atoms with van der Waals surface area (Å²) < 4.78 is 27.3. The quantitative estimate of drug-likeness (QED) is 0.262. The van der Waals surface area contributed by atoms with Gasteiger partial charge in [0.05, 0.1) is 25.3 Å². The molecule has 0 amide bonds. The van der Waals surface area contributed by atoms with E-state index in [1.807, 2.05) is 48.5 Å². The first-order valence-corrected chi connectivity index (χ1v) is 10.2. The summed E-state index contributed by atoms with van der Waals surface area (Å²) in [7, 11) is 2.97. The molecule has 0 atom stereocenters. The van der Waals surface area contributed by atoms with Crippen molar-refractivity contribution in [2.75, 3.05) is 20.8 Å². The van der Waals surface area contributed by atoms with Crippen LogP contribution in [0.1, 0.15) is 26.5 Å². The second-order valence-electron chi connectivity index (χ2n) is 7.07. The molecule has 0 aliphatic heterocycles. The van der Waals surface area contributed by atoms with E-state index in [1.54, 1.807) is 24.3 Å². The number of para-hydroxylation sites is 2. The Balaban J connectivity index is 1.53. The lowest BCUT2D eigenvalue weighted by Gasteiger charge is -2.10. The van der Waals surface area contributed by atoms with Crippen LogP contribution >= 0.6 is 0 Å². The maximum atomic E-state index is 12.9. The van der Waals surface area contributed by atoms with Gasteiger partial charge < -0.3 is 23.4 Å². The number of esters is 1. The van der Waals surface area contributed by atoms with Gasteiger partial charge in [0.1, 0.15) is 29.4 Å². The Morgan fingerprint density at radius 3 is 2.36 bits per heavy atom. The molecule has 0 saturated carbocycles. The Bertz CT molecular complexity index is 1270. The molecule has 0 aliphatic rings. The van der Waals surface area contributed by atoms with E-state index in [1.165, 1.54) is 14.2 Å². The SMILES string of the molecule is COc1ccc(C(=O)COC(=O)c2oc3ccccc3c2COc2ccccc2)c(OC)c1. The van der Waals surface area contributed by atoms with Gasteiger partial charge in [0.25, 0.3) is 0 Å². The number of ketones is 1. The molecule has 1 aromatic heterocycles. The predicted octanol–water partition coefficient (Wildman–Crippen LogP) is 5.07. The van der Waals surface area contributed by atoms with E-state index in [0.29, 0.717) is 28.4 Å². The summed E-state index contributed by atoms with van der Waals surface area (Å²) in [6.45, 7) is -0.372. The van der Waals surface area contributed by atoms with Crippen LogP contribution in [-0.4, -0.2) is 32.6 Å². The second kappa shape index (κ2) is 9.91. The first-order chi connectivity index (χ1) is 16.1. The molecule has 1 heterocycles. The summed E-state index contributed by atoms with van der Waals surface area (Å²) in [5, 5.41) is 0.739. The van der Waals surface area contributed by atoms with E-state index in [4.69, 9.17) is 23.4 Å². The zero-order valence-corrected chi connectivity index (χ0v) is 18.2. The van der Waals surface area contributed by atoms with Crippen LogP contribution in [0.3, 0.4) is 0 Å². The van der Waals surface area contributed by atoms with Crippen molar-refractivity contribution in [3.8, 4) is 17.2 Å². The Kier molecular flexibility index (Phi) is 6.59. The summed E-state index contributed by atoms with van der Waals surface area (Å²) in [4.78, 5) is 25.5. The van der Waals surface area contributed by atoms with Gasteiger partial charge in [-0.05, 0) is 30.3 Å². The van der Waals surface area contributed by atoms with Crippen LogP contribution < -0.4 is 14.2 Å². The van der Waals surface area contributed by atoms with Crippen molar-refractivity contribution >= 4 is 22.7 Å². The highest BCUT2D eigenvalue weighted by Crippen LogP contribution is 2.29. The van der Waals surface area contributed by atoms with Crippen LogP contribution in [0.25, 0.3) is 11.0 Å². The topological polar surface area (TPSA) is 84.2 Å². The molecule has 33 heavy (non-hydrogen) atoms. The van der Waals surface area contributed by atoms with Crippen LogP contribution in [0, 0.1) is 0 Å². The molecule has 7 heteroatoms. The van der Waals surface area contributed by atoms with Gasteiger partial charge in [-0.2, -0.15) is 0 Å². The van der Waals surface area contributed by atoms with Crippen LogP contribution in [0.5, 0.6) is 17.2 Å². The second-order valence-corrected chi connectivity index (χ2v) is 7.07. The molecule has 168 valence electrons. The number of methoxy groups -OCH3 is 2. The van der Waals surface area contributed by atoms with Crippen LogP contribution in [0.15, 0.2) is 77.2 Å². The van der Waals surface area contributed by atoms with E-state index < -0.39 is 18.4 Å². The third kappa shape index (κ3) is 4.82. The summed E-state index contributed by atoms with van der Waals surface area (Å²) in [6.07, 6.45) is 0. The van der Waals surface area contributed by atoms with Gasteiger partial charge >= 0.3 is 5.97 Å².